The Morgan fingerprint density at radius 1 is 0.692 bits per heavy atom. The van der Waals surface area contributed by atoms with Gasteiger partial charge in [0.2, 0.25) is 0 Å². The third-order valence-electron chi connectivity index (χ3n) is 4.98. The van der Waals surface area contributed by atoms with E-state index in [-0.39, 0.29) is 11.7 Å². The van der Waals surface area contributed by atoms with Gasteiger partial charge in [-0.2, -0.15) is 0 Å². The second kappa shape index (κ2) is 7.05. The zero-order valence-corrected chi connectivity index (χ0v) is 16.2. The van der Waals surface area contributed by atoms with E-state index < -0.39 is 0 Å². The third kappa shape index (κ3) is 3.42. The van der Waals surface area contributed by atoms with Gasteiger partial charge in [-0.05, 0) is 90.9 Å². The molecule has 0 aliphatic heterocycles. The number of phenolic OH excluding ortho intramolecular Hbond substituents is 2. The van der Waals surface area contributed by atoms with Crippen LogP contribution in [0.3, 0.4) is 0 Å². The van der Waals surface area contributed by atoms with Gasteiger partial charge in [-0.3, -0.25) is 0 Å². The Bertz CT molecular complexity index is 901. The molecule has 0 spiro atoms. The van der Waals surface area contributed by atoms with E-state index in [4.69, 9.17) is 11.6 Å². The molecule has 0 heterocycles. The summed E-state index contributed by atoms with van der Waals surface area (Å²) < 4.78 is 0. The molecule has 0 saturated heterocycles. The molecule has 1 atom stereocenters. The first-order valence-electron chi connectivity index (χ1n) is 8.63. The van der Waals surface area contributed by atoms with Gasteiger partial charge in [0.15, 0.2) is 0 Å². The van der Waals surface area contributed by atoms with Crippen LogP contribution in [0, 0.1) is 27.7 Å². The van der Waals surface area contributed by atoms with Crippen molar-refractivity contribution in [2.75, 3.05) is 0 Å². The number of aromatic hydroxyl groups is 2. The van der Waals surface area contributed by atoms with Crippen molar-refractivity contribution >= 4 is 11.6 Å². The van der Waals surface area contributed by atoms with Crippen molar-refractivity contribution in [1.82, 2.24) is 0 Å². The molecule has 0 saturated carbocycles. The van der Waals surface area contributed by atoms with Crippen LogP contribution in [0.15, 0.2) is 48.5 Å². The van der Waals surface area contributed by atoms with Crippen LogP contribution < -0.4 is 0 Å². The van der Waals surface area contributed by atoms with Crippen LogP contribution in [0.2, 0.25) is 5.02 Å². The van der Waals surface area contributed by atoms with Crippen molar-refractivity contribution in [3.05, 3.63) is 92.5 Å². The minimum absolute atomic E-state index is 0.00846. The van der Waals surface area contributed by atoms with Crippen molar-refractivity contribution in [2.45, 2.75) is 33.6 Å². The average molecular weight is 367 g/mol. The fourth-order valence-corrected chi connectivity index (χ4v) is 3.66. The third-order valence-corrected chi connectivity index (χ3v) is 5.39. The Kier molecular flexibility index (Phi) is 4.97. The topological polar surface area (TPSA) is 40.5 Å². The lowest BCUT2D eigenvalue weighted by Gasteiger charge is -2.24. The summed E-state index contributed by atoms with van der Waals surface area (Å²) in [5.74, 6) is 0.542. The zero-order valence-electron chi connectivity index (χ0n) is 15.5. The summed E-state index contributed by atoms with van der Waals surface area (Å²) >= 11 is 6.31. The molecule has 3 rings (SSSR count). The molecule has 0 fully saturated rings. The summed E-state index contributed by atoms with van der Waals surface area (Å²) in [5.41, 5.74) is 7.41. The van der Waals surface area contributed by atoms with Crippen molar-refractivity contribution in [1.29, 1.82) is 0 Å². The zero-order chi connectivity index (χ0) is 19.0. The summed E-state index contributed by atoms with van der Waals surface area (Å²) in [4.78, 5) is 0. The van der Waals surface area contributed by atoms with Gasteiger partial charge in [0.05, 0.1) is 0 Å². The monoisotopic (exact) mass is 366 g/mol. The molecule has 0 aliphatic carbocycles. The molecule has 0 radical (unpaired) electrons. The van der Waals surface area contributed by atoms with E-state index in [1.165, 1.54) is 5.56 Å². The van der Waals surface area contributed by atoms with E-state index in [1.807, 2.05) is 51.1 Å². The number of rotatable bonds is 3. The summed E-state index contributed by atoms with van der Waals surface area (Å²) in [7, 11) is 0. The van der Waals surface area contributed by atoms with Crippen LogP contribution in [0.25, 0.3) is 0 Å². The smallest absolute Gasteiger partial charge is 0.118 e. The Hall–Kier alpha value is -2.45. The van der Waals surface area contributed by atoms with Crippen LogP contribution in [0.5, 0.6) is 11.5 Å². The molecule has 0 bridgehead atoms. The quantitative estimate of drug-likeness (QED) is 0.544. The van der Waals surface area contributed by atoms with Gasteiger partial charge in [-0.15, -0.1) is 0 Å². The SMILES string of the molecule is Cc1cc(C(c2ccc(O)cc2)c2cc(C)c(Cl)cc2C)c(C)cc1O. The lowest BCUT2D eigenvalue weighted by molar-refractivity contribution is 0.470. The predicted octanol–water partition coefficient (Wildman–Crippen LogP) is 6.17. The maximum Gasteiger partial charge on any atom is 0.118 e. The van der Waals surface area contributed by atoms with Crippen molar-refractivity contribution < 1.29 is 10.2 Å². The predicted molar refractivity (Wildman–Crippen MR) is 108 cm³/mol. The summed E-state index contributed by atoms with van der Waals surface area (Å²) in [6, 6.07) is 15.3. The number of benzene rings is 3. The van der Waals surface area contributed by atoms with Crippen LogP contribution >= 0.6 is 11.6 Å². The number of hydrogen-bond donors (Lipinski definition) is 2. The normalized spacial score (nSPS) is 12.2. The number of hydrogen-bond acceptors (Lipinski definition) is 2. The Morgan fingerprint density at radius 2 is 1.23 bits per heavy atom. The van der Waals surface area contributed by atoms with E-state index in [0.717, 1.165) is 38.4 Å². The molecule has 134 valence electrons. The maximum absolute atomic E-state index is 10.1. The Labute approximate surface area is 159 Å². The summed E-state index contributed by atoms with van der Waals surface area (Å²) in [6.45, 7) is 8.00. The van der Waals surface area contributed by atoms with Gasteiger partial charge in [0.1, 0.15) is 11.5 Å². The van der Waals surface area contributed by atoms with Gasteiger partial charge >= 0.3 is 0 Å². The first-order valence-corrected chi connectivity index (χ1v) is 9.01. The highest BCUT2D eigenvalue weighted by molar-refractivity contribution is 6.31. The number of phenols is 2. The largest absolute Gasteiger partial charge is 0.508 e. The van der Waals surface area contributed by atoms with E-state index in [2.05, 4.69) is 13.0 Å². The van der Waals surface area contributed by atoms with Crippen LogP contribution in [-0.2, 0) is 0 Å². The van der Waals surface area contributed by atoms with E-state index in [9.17, 15) is 10.2 Å². The standard InChI is InChI=1S/C23H23ClO2/c1-13-11-21(24)15(3)9-19(13)23(17-5-7-18(25)8-6-17)20-10-16(4)22(26)12-14(20)2/h5-12,23,25-26H,1-4H3. The second-order valence-corrected chi connectivity index (χ2v) is 7.39. The second-order valence-electron chi connectivity index (χ2n) is 6.98. The molecule has 1 unspecified atom stereocenters. The fraction of sp³-hybridized carbons (Fsp3) is 0.217. The van der Waals surface area contributed by atoms with Gasteiger partial charge in [0, 0.05) is 10.9 Å². The minimum Gasteiger partial charge on any atom is -0.508 e. The lowest BCUT2D eigenvalue weighted by Crippen LogP contribution is -2.08. The van der Waals surface area contributed by atoms with Crippen LogP contribution in [-0.4, -0.2) is 10.2 Å². The van der Waals surface area contributed by atoms with Gasteiger partial charge < -0.3 is 10.2 Å². The van der Waals surface area contributed by atoms with Crippen molar-refractivity contribution in [3.63, 3.8) is 0 Å². The van der Waals surface area contributed by atoms with Gasteiger partial charge in [-0.25, -0.2) is 0 Å². The first kappa shape index (κ1) is 18.3. The van der Waals surface area contributed by atoms with Crippen LogP contribution in [0.1, 0.15) is 44.9 Å². The van der Waals surface area contributed by atoms with Crippen LogP contribution in [0.4, 0.5) is 0 Å². The average Bonchev–Trinajstić information content (AvgIpc) is 2.58. The van der Waals surface area contributed by atoms with Gasteiger partial charge in [-0.1, -0.05) is 35.9 Å². The number of aryl methyl sites for hydroxylation is 4. The van der Waals surface area contributed by atoms with E-state index in [0.29, 0.717) is 5.75 Å². The molecule has 0 amide bonds. The molecule has 3 aromatic rings. The summed E-state index contributed by atoms with van der Waals surface area (Å²) in [6.07, 6.45) is 0. The van der Waals surface area contributed by atoms with E-state index >= 15 is 0 Å². The molecule has 2 nitrogen and oxygen atoms in total. The maximum atomic E-state index is 10.1. The van der Waals surface area contributed by atoms with E-state index in [1.54, 1.807) is 12.1 Å². The highest BCUT2D eigenvalue weighted by atomic mass is 35.5. The molecular weight excluding hydrogens is 344 g/mol. The lowest BCUT2D eigenvalue weighted by atomic mass is 9.80. The van der Waals surface area contributed by atoms with Crippen molar-refractivity contribution in [2.24, 2.45) is 0 Å². The Balaban J connectivity index is 2.29. The minimum atomic E-state index is -0.00846. The molecule has 0 aromatic heterocycles. The highest BCUT2D eigenvalue weighted by Crippen LogP contribution is 2.39. The molecule has 3 aromatic carbocycles. The highest BCUT2D eigenvalue weighted by Gasteiger charge is 2.22. The van der Waals surface area contributed by atoms with Gasteiger partial charge in [0.25, 0.3) is 0 Å². The molecule has 26 heavy (non-hydrogen) atoms. The molecule has 0 aliphatic rings. The Morgan fingerprint density at radius 3 is 1.85 bits per heavy atom. The fourth-order valence-electron chi connectivity index (χ4n) is 3.44. The first-order chi connectivity index (χ1) is 12.3. The molecular formula is C23H23ClO2. The van der Waals surface area contributed by atoms with Crippen molar-refractivity contribution in [3.8, 4) is 11.5 Å². The number of halogens is 1. The molecule has 2 N–H and O–H groups in total. The summed E-state index contributed by atoms with van der Waals surface area (Å²) in [5, 5.41) is 20.5. The molecule has 3 heteroatoms.